The highest BCUT2D eigenvalue weighted by atomic mass is 16.5. The Balaban J connectivity index is 1.82. The molecule has 0 amide bonds. The Morgan fingerprint density at radius 3 is 2.57 bits per heavy atom. The van der Waals surface area contributed by atoms with Crippen molar-refractivity contribution in [2.45, 2.75) is 32.2 Å². The Hall–Kier alpha value is -1.55. The second kappa shape index (κ2) is 7.46. The van der Waals surface area contributed by atoms with E-state index in [0.29, 0.717) is 6.04 Å². The maximum absolute atomic E-state index is 11.6. The van der Waals surface area contributed by atoms with Gasteiger partial charge < -0.3 is 14.4 Å². The van der Waals surface area contributed by atoms with Crippen LogP contribution in [0.2, 0.25) is 0 Å². The van der Waals surface area contributed by atoms with E-state index in [1.807, 2.05) is 12.1 Å². The van der Waals surface area contributed by atoms with Gasteiger partial charge in [-0.1, -0.05) is 12.1 Å². The van der Waals surface area contributed by atoms with Crippen LogP contribution in [0.5, 0.6) is 5.75 Å². The number of carbonyl (C=O) groups is 1. The molecule has 1 heterocycles. The number of methoxy groups -OCH3 is 2. The van der Waals surface area contributed by atoms with Crippen LogP contribution in [0.3, 0.4) is 0 Å². The van der Waals surface area contributed by atoms with E-state index >= 15 is 0 Å². The highest BCUT2D eigenvalue weighted by Crippen LogP contribution is 2.24. The van der Waals surface area contributed by atoms with E-state index in [2.05, 4.69) is 24.0 Å². The summed E-state index contributed by atoms with van der Waals surface area (Å²) in [6.45, 7) is 4.20. The molecule has 1 aromatic rings. The first-order valence-electron chi connectivity index (χ1n) is 7.59. The molecule has 2 rings (SSSR count). The molecular formula is C17H25NO3. The van der Waals surface area contributed by atoms with E-state index in [-0.39, 0.29) is 11.9 Å². The Kier molecular flexibility index (Phi) is 5.62. The SMILES string of the molecule is COC(=O)C1CCN(CCc2ccc(OC)cc2)C(C)C1. The van der Waals surface area contributed by atoms with E-state index in [1.54, 1.807) is 7.11 Å². The average Bonchev–Trinajstić information content (AvgIpc) is 2.53. The van der Waals surface area contributed by atoms with Crippen molar-refractivity contribution in [3.8, 4) is 5.75 Å². The third-order valence-electron chi connectivity index (χ3n) is 4.40. The minimum atomic E-state index is -0.0587. The van der Waals surface area contributed by atoms with E-state index in [1.165, 1.54) is 12.7 Å². The van der Waals surface area contributed by atoms with Crippen LogP contribution < -0.4 is 4.74 Å². The van der Waals surface area contributed by atoms with Crippen LogP contribution in [-0.2, 0) is 16.0 Å². The van der Waals surface area contributed by atoms with Crippen molar-refractivity contribution in [3.63, 3.8) is 0 Å². The predicted octanol–water partition coefficient (Wildman–Crippen LogP) is 2.51. The molecule has 0 aromatic heterocycles. The summed E-state index contributed by atoms with van der Waals surface area (Å²) in [6, 6.07) is 8.67. The van der Waals surface area contributed by atoms with Crippen LogP contribution in [-0.4, -0.2) is 44.2 Å². The van der Waals surface area contributed by atoms with Gasteiger partial charge in [0.1, 0.15) is 5.75 Å². The molecule has 0 saturated carbocycles. The van der Waals surface area contributed by atoms with Crippen LogP contribution >= 0.6 is 0 Å². The molecule has 2 unspecified atom stereocenters. The van der Waals surface area contributed by atoms with Gasteiger partial charge >= 0.3 is 5.97 Å². The number of likely N-dealkylation sites (tertiary alicyclic amines) is 1. The van der Waals surface area contributed by atoms with Crippen molar-refractivity contribution in [3.05, 3.63) is 29.8 Å². The molecule has 1 saturated heterocycles. The molecule has 0 N–H and O–H groups in total. The van der Waals surface area contributed by atoms with E-state index < -0.39 is 0 Å². The van der Waals surface area contributed by atoms with Gasteiger partial charge in [-0.05, 0) is 50.4 Å². The lowest BCUT2D eigenvalue weighted by molar-refractivity contribution is -0.147. The van der Waals surface area contributed by atoms with Crippen LogP contribution in [0.25, 0.3) is 0 Å². The summed E-state index contributed by atoms with van der Waals surface area (Å²) >= 11 is 0. The first kappa shape index (κ1) is 15.8. The highest BCUT2D eigenvalue weighted by molar-refractivity contribution is 5.72. The molecule has 2 atom stereocenters. The molecular weight excluding hydrogens is 266 g/mol. The molecule has 0 spiro atoms. The molecule has 0 aliphatic carbocycles. The summed E-state index contributed by atoms with van der Waals surface area (Å²) in [5.41, 5.74) is 1.32. The van der Waals surface area contributed by atoms with Crippen LogP contribution in [0.4, 0.5) is 0 Å². The lowest BCUT2D eigenvalue weighted by atomic mass is 9.91. The van der Waals surface area contributed by atoms with Gasteiger partial charge in [0, 0.05) is 12.6 Å². The average molecular weight is 291 g/mol. The highest BCUT2D eigenvalue weighted by Gasteiger charge is 2.29. The van der Waals surface area contributed by atoms with Crippen molar-refractivity contribution in [2.75, 3.05) is 27.3 Å². The summed E-state index contributed by atoms with van der Waals surface area (Å²) in [6.07, 6.45) is 2.83. The number of ether oxygens (including phenoxy) is 2. The molecule has 21 heavy (non-hydrogen) atoms. The Bertz CT molecular complexity index is 458. The van der Waals surface area contributed by atoms with Crippen LogP contribution in [0, 0.1) is 5.92 Å². The van der Waals surface area contributed by atoms with Gasteiger partial charge in [-0.15, -0.1) is 0 Å². The van der Waals surface area contributed by atoms with Gasteiger partial charge in [0.05, 0.1) is 20.1 Å². The fourth-order valence-corrected chi connectivity index (χ4v) is 3.00. The van der Waals surface area contributed by atoms with Crippen molar-refractivity contribution < 1.29 is 14.3 Å². The Morgan fingerprint density at radius 2 is 2.00 bits per heavy atom. The Labute approximate surface area is 127 Å². The monoisotopic (exact) mass is 291 g/mol. The summed E-state index contributed by atoms with van der Waals surface area (Å²) < 4.78 is 10.0. The third-order valence-corrected chi connectivity index (χ3v) is 4.40. The predicted molar refractivity (Wildman–Crippen MR) is 82.5 cm³/mol. The minimum Gasteiger partial charge on any atom is -0.497 e. The topological polar surface area (TPSA) is 38.8 Å². The fourth-order valence-electron chi connectivity index (χ4n) is 3.00. The van der Waals surface area contributed by atoms with E-state index in [4.69, 9.17) is 9.47 Å². The minimum absolute atomic E-state index is 0.0587. The van der Waals surface area contributed by atoms with Crippen LogP contribution in [0.1, 0.15) is 25.3 Å². The molecule has 0 radical (unpaired) electrons. The van der Waals surface area contributed by atoms with Gasteiger partial charge in [-0.25, -0.2) is 0 Å². The molecule has 1 aromatic carbocycles. The molecule has 1 aliphatic rings. The van der Waals surface area contributed by atoms with Crippen molar-refractivity contribution >= 4 is 5.97 Å². The van der Waals surface area contributed by atoms with Crippen LogP contribution in [0.15, 0.2) is 24.3 Å². The number of rotatable bonds is 5. The Morgan fingerprint density at radius 1 is 1.29 bits per heavy atom. The number of hydrogen-bond donors (Lipinski definition) is 0. The number of benzene rings is 1. The lowest BCUT2D eigenvalue weighted by Gasteiger charge is -2.36. The van der Waals surface area contributed by atoms with E-state index in [9.17, 15) is 4.79 Å². The molecule has 1 fully saturated rings. The van der Waals surface area contributed by atoms with E-state index in [0.717, 1.165) is 38.1 Å². The smallest absolute Gasteiger partial charge is 0.308 e. The zero-order valence-electron chi connectivity index (χ0n) is 13.2. The summed E-state index contributed by atoms with van der Waals surface area (Å²) in [7, 11) is 3.16. The first-order valence-corrected chi connectivity index (χ1v) is 7.59. The largest absolute Gasteiger partial charge is 0.497 e. The van der Waals surface area contributed by atoms with Crippen molar-refractivity contribution in [2.24, 2.45) is 5.92 Å². The summed E-state index contributed by atoms with van der Waals surface area (Å²) in [5, 5.41) is 0. The second-order valence-electron chi connectivity index (χ2n) is 5.73. The zero-order chi connectivity index (χ0) is 15.2. The number of carbonyl (C=O) groups excluding carboxylic acids is 1. The summed E-state index contributed by atoms with van der Waals surface area (Å²) in [4.78, 5) is 14.1. The van der Waals surface area contributed by atoms with Gasteiger partial charge in [-0.3, -0.25) is 4.79 Å². The molecule has 4 nitrogen and oxygen atoms in total. The summed E-state index contributed by atoms with van der Waals surface area (Å²) in [5.74, 6) is 0.907. The first-order chi connectivity index (χ1) is 10.1. The molecule has 0 bridgehead atoms. The van der Waals surface area contributed by atoms with Gasteiger partial charge in [0.15, 0.2) is 0 Å². The number of hydrogen-bond acceptors (Lipinski definition) is 4. The maximum Gasteiger partial charge on any atom is 0.308 e. The van der Waals surface area contributed by atoms with Gasteiger partial charge in [0.2, 0.25) is 0 Å². The zero-order valence-corrected chi connectivity index (χ0v) is 13.2. The molecule has 4 heteroatoms. The van der Waals surface area contributed by atoms with Crippen molar-refractivity contribution in [1.82, 2.24) is 4.90 Å². The van der Waals surface area contributed by atoms with Crippen molar-refractivity contribution in [1.29, 1.82) is 0 Å². The standard InChI is InChI=1S/C17H25NO3/c1-13-12-15(17(19)21-3)9-11-18(13)10-8-14-4-6-16(20-2)7-5-14/h4-7,13,15H,8-12H2,1-3H3. The number of esters is 1. The second-order valence-corrected chi connectivity index (χ2v) is 5.73. The number of nitrogens with zero attached hydrogens (tertiary/aromatic N) is 1. The molecule has 116 valence electrons. The third kappa shape index (κ3) is 4.21. The lowest BCUT2D eigenvalue weighted by Crippen LogP contribution is -2.43. The maximum atomic E-state index is 11.6. The van der Waals surface area contributed by atoms with Gasteiger partial charge in [-0.2, -0.15) is 0 Å². The van der Waals surface area contributed by atoms with Gasteiger partial charge in [0.25, 0.3) is 0 Å². The number of piperidine rings is 1. The normalized spacial score (nSPS) is 22.8. The fraction of sp³-hybridized carbons (Fsp3) is 0.588. The quantitative estimate of drug-likeness (QED) is 0.781. The molecule has 1 aliphatic heterocycles.